The van der Waals surface area contributed by atoms with Gasteiger partial charge in [0.1, 0.15) is 6.10 Å². The molecular weight excluding hydrogens is 303 g/mol. The molecule has 1 aliphatic heterocycles. The zero-order chi connectivity index (χ0) is 10.7. The number of esters is 1. The van der Waals surface area contributed by atoms with Crippen LogP contribution in [0.25, 0.3) is 0 Å². The molecule has 3 heteroatoms. The highest BCUT2D eigenvalue weighted by molar-refractivity contribution is 14.1. The Balaban J connectivity index is 1.99. The molecule has 1 aromatic carbocycles. The summed E-state index contributed by atoms with van der Waals surface area (Å²) in [7, 11) is 0. The number of hydrogen-bond donors (Lipinski definition) is 0. The van der Waals surface area contributed by atoms with Gasteiger partial charge in [-0.05, 0) is 18.4 Å². The van der Waals surface area contributed by atoms with Crippen LogP contribution in [0.4, 0.5) is 0 Å². The second-order valence-corrected chi connectivity index (χ2v) is 4.72. The first-order valence-corrected chi connectivity index (χ1v) is 6.62. The number of halogens is 1. The normalized spacial score (nSPS) is 25.3. The van der Waals surface area contributed by atoms with Crippen LogP contribution in [0.2, 0.25) is 0 Å². The molecule has 0 aromatic heterocycles. The van der Waals surface area contributed by atoms with Crippen molar-refractivity contribution in [1.82, 2.24) is 0 Å². The average Bonchev–Trinajstić information content (AvgIpc) is 2.61. The van der Waals surface area contributed by atoms with Gasteiger partial charge in [0, 0.05) is 4.43 Å². The van der Waals surface area contributed by atoms with E-state index in [9.17, 15) is 4.79 Å². The minimum absolute atomic E-state index is 0.0273. The van der Waals surface area contributed by atoms with E-state index in [1.807, 2.05) is 18.2 Å². The second kappa shape index (κ2) is 4.96. The van der Waals surface area contributed by atoms with Gasteiger partial charge in [-0.3, -0.25) is 4.79 Å². The number of hydrogen-bond acceptors (Lipinski definition) is 2. The molecule has 0 N–H and O–H groups in total. The van der Waals surface area contributed by atoms with Crippen molar-refractivity contribution >= 4 is 28.6 Å². The van der Waals surface area contributed by atoms with Crippen molar-refractivity contribution in [1.29, 1.82) is 0 Å². The maximum atomic E-state index is 11.5. The summed E-state index contributed by atoms with van der Waals surface area (Å²) in [6, 6.07) is 10.1. The highest BCUT2D eigenvalue weighted by atomic mass is 127. The number of alkyl halides is 1. The molecule has 0 aliphatic carbocycles. The molecule has 0 unspecified atom stereocenters. The lowest BCUT2D eigenvalue weighted by atomic mass is 9.97. The van der Waals surface area contributed by atoms with Crippen LogP contribution < -0.4 is 0 Å². The van der Waals surface area contributed by atoms with Gasteiger partial charge in [-0.1, -0.05) is 52.9 Å². The standard InChI is InChI=1S/C12H13IO2/c13-8-11-7-10(12(14)15-11)6-9-4-2-1-3-5-9/h1-5,10-11H,6-8H2/t10-,11-/m1/s1. The summed E-state index contributed by atoms with van der Waals surface area (Å²) in [6.45, 7) is 0. The maximum Gasteiger partial charge on any atom is 0.309 e. The Bertz CT molecular complexity index is 337. The van der Waals surface area contributed by atoms with Gasteiger partial charge in [-0.25, -0.2) is 0 Å². The smallest absolute Gasteiger partial charge is 0.309 e. The molecule has 15 heavy (non-hydrogen) atoms. The van der Waals surface area contributed by atoms with Crippen LogP contribution in [0, 0.1) is 5.92 Å². The molecule has 2 atom stereocenters. The third-order valence-electron chi connectivity index (χ3n) is 2.66. The van der Waals surface area contributed by atoms with E-state index < -0.39 is 0 Å². The molecule has 1 saturated heterocycles. The zero-order valence-electron chi connectivity index (χ0n) is 8.36. The summed E-state index contributed by atoms with van der Waals surface area (Å²) in [5.74, 6) is 0.0349. The van der Waals surface area contributed by atoms with Crippen molar-refractivity contribution in [2.24, 2.45) is 5.92 Å². The van der Waals surface area contributed by atoms with Crippen molar-refractivity contribution < 1.29 is 9.53 Å². The van der Waals surface area contributed by atoms with E-state index in [0.717, 1.165) is 17.3 Å². The summed E-state index contributed by atoms with van der Waals surface area (Å²) in [5, 5.41) is 0. The third-order valence-corrected chi connectivity index (χ3v) is 3.64. The minimum atomic E-state index is -0.0273. The van der Waals surface area contributed by atoms with Gasteiger partial charge in [-0.2, -0.15) is 0 Å². The predicted molar refractivity (Wildman–Crippen MR) is 67.0 cm³/mol. The molecule has 2 nitrogen and oxygen atoms in total. The first kappa shape index (κ1) is 10.9. The lowest BCUT2D eigenvalue weighted by Gasteiger charge is -2.04. The molecule has 0 saturated carbocycles. The molecule has 0 radical (unpaired) electrons. The van der Waals surface area contributed by atoms with Crippen molar-refractivity contribution in [3.63, 3.8) is 0 Å². The fourth-order valence-electron chi connectivity index (χ4n) is 1.88. The van der Waals surface area contributed by atoms with Crippen LogP contribution >= 0.6 is 22.6 Å². The monoisotopic (exact) mass is 316 g/mol. The van der Waals surface area contributed by atoms with E-state index in [1.165, 1.54) is 5.56 Å². The van der Waals surface area contributed by atoms with Crippen molar-refractivity contribution in [3.8, 4) is 0 Å². The van der Waals surface area contributed by atoms with Crippen LogP contribution in [0.15, 0.2) is 30.3 Å². The van der Waals surface area contributed by atoms with Crippen LogP contribution in [0.1, 0.15) is 12.0 Å². The molecule has 0 spiro atoms. The van der Waals surface area contributed by atoms with E-state index in [2.05, 4.69) is 34.7 Å². The molecule has 1 heterocycles. The van der Waals surface area contributed by atoms with Gasteiger partial charge in [0.2, 0.25) is 0 Å². The van der Waals surface area contributed by atoms with Gasteiger partial charge in [0.05, 0.1) is 5.92 Å². The molecule has 1 aromatic rings. The van der Waals surface area contributed by atoms with Gasteiger partial charge >= 0.3 is 5.97 Å². The lowest BCUT2D eigenvalue weighted by molar-refractivity contribution is -0.143. The van der Waals surface area contributed by atoms with E-state index in [1.54, 1.807) is 0 Å². The average molecular weight is 316 g/mol. The van der Waals surface area contributed by atoms with Crippen molar-refractivity contribution in [3.05, 3.63) is 35.9 Å². The Hall–Kier alpha value is -0.580. The predicted octanol–water partition coefficient (Wildman–Crippen LogP) is 2.60. The zero-order valence-corrected chi connectivity index (χ0v) is 10.5. The van der Waals surface area contributed by atoms with Crippen LogP contribution in [-0.2, 0) is 16.0 Å². The lowest BCUT2D eigenvalue weighted by Crippen LogP contribution is -2.10. The summed E-state index contributed by atoms with van der Waals surface area (Å²) in [5.41, 5.74) is 1.22. The highest BCUT2D eigenvalue weighted by Gasteiger charge is 2.33. The largest absolute Gasteiger partial charge is 0.461 e. The first-order valence-electron chi connectivity index (χ1n) is 5.10. The molecular formula is C12H13IO2. The Kier molecular flexibility index (Phi) is 3.61. The summed E-state index contributed by atoms with van der Waals surface area (Å²) in [4.78, 5) is 11.5. The van der Waals surface area contributed by atoms with Crippen LogP contribution in [0.5, 0.6) is 0 Å². The number of rotatable bonds is 3. The van der Waals surface area contributed by atoms with Crippen LogP contribution in [0.3, 0.4) is 0 Å². The molecule has 0 amide bonds. The Morgan fingerprint density at radius 1 is 1.33 bits per heavy atom. The maximum absolute atomic E-state index is 11.5. The third kappa shape index (κ3) is 2.71. The summed E-state index contributed by atoms with van der Waals surface area (Å²) in [6.07, 6.45) is 1.82. The van der Waals surface area contributed by atoms with E-state index in [4.69, 9.17) is 4.74 Å². The van der Waals surface area contributed by atoms with Crippen molar-refractivity contribution in [2.45, 2.75) is 18.9 Å². The van der Waals surface area contributed by atoms with Crippen LogP contribution in [-0.4, -0.2) is 16.5 Å². The quantitative estimate of drug-likeness (QED) is 0.487. The second-order valence-electron chi connectivity index (χ2n) is 3.84. The van der Waals surface area contributed by atoms with E-state index in [-0.39, 0.29) is 18.0 Å². The SMILES string of the molecule is O=C1O[C@@H](CI)C[C@H]1Cc1ccccc1. The first-order chi connectivity index (χ1) is 7.29. The number of carbonyl (C=O) groups excluding carboxylic acids is 1. The Labute approximate surface area is 103 Å². The highest BCUT2D eigenvalue weighted by Crippen LogP contribution is 2.25. The number of benzene rings is 1. The fourth-order valence-corrected chi connectivity index (χ4v) is 2.42. The fraction of sp³-hybridized carbons (Fsp3) is 0.417. The van der Waals surface area contributed by atoms with Gasteiger partial charge in [-0.15, -0.1) is 0 Å². The Morgan fingerprint density at radius 3 is 2.67 bits per heavy atom. The van der Waals surface area contributed by atoms with Gasteiger partial charge < -0.3 is 4.74 Å². The summed E-state index contributed by atoms with van der Waals surface area (Å²) >= 11 is 2.26. The van der Waals surface area contributed by atoms with E-state index >= 15 is 0 Å². The molecule has 0 bridgehead atoms. The van der Waals surface area contributed by atoms with E-state index in [0.29, 0.717) is 0 Å². The topological polar surface area (TPSA) is 26.3 Å². The van der Waals surface area contributed by atoms with Crippen molar-refractivity contribution in [2.75, 3.05) is 4.43 Å². The van der Waals surface area contributed by atoms with Gasteiger partial charge in [0.25, 0.3) is 0 Å². The minimum Gasteiger partial charge on any atom is -0.461 e. The van der Waals surface area contributed by atoms with Gasteiger partial charge in [0.15, 0.2) is 0 Å². The molecule has 80 valence electrons. The summed E-state index contributed by atoms with van der Waals surface area (Å²) < 4.78 is 6.15. The number of ether oxygens (including phenoxy) is 1. The Morgan fingerprint density at radius 2 is 2.07 bits per heavy atom. The number of cyclic esters (lactones) is 1. The molecule has 1 aliphatic rings. The molecule has 2 rings (SSSR count). The molecule has 1 fully saturated rings. The number of carbonyl (C=O) groups is 1.